The first-order chi connectivity index (χ1) is 12.0. The molecule has 0 aromatic heterocycles. The number of amides is 1. The molecule has 2 rings (SSSR count). The Morgan fingerprint density at radius 2 is 1.92 bits per heavy atom. The molecule has 2 aromatic carbocycles. The van der Waals surface area contributed by atoms with Gasteiger partial charge in [-0.05, 0) is 11.6 Å². The Balaban J connectivity index is 1.83. The number of aldehydes is 1. The summed E-state index contributed by atoms with van der Waals surface area (Å²) in [7, 11) is 0. The van der Waals surface area contributed by atoms with Gasteiger partial charge in [0, 0.05) is 22.7 Å². The smallest absolute Gasteiger partial charge is 0.407 e. The van der Waals surface area contributed by atoms with Gasteiger partial charge in [-0.3, -0.25) is 4.79 Å². The van der Waals surface area contributed by atoms with Crippen LogP contribution in [0.2, 0.25) is 5.02 Å². The van der Waals surface area contributed by atoms with Crippen LogP contribution in [0.25, 0.3) is 0 Å². The van der Waals surface area contributed by atoms with Crippen LogP contribution in [0.15, 0.2) is 48.5 Å². The van der Waals surface area contributed by atoms with Gasteiger partial charge in [-0.25, -0.2) is 4.79 Å². The van der Waals surface area contributed by atoms with Crippen molar-refractivity contribution >= 4 is 24.0 Å². The van der Waals surface area contributed by atoms with E-state index in [9.17, 15) is 19.8 Å². The molecular weight excluding hydrogens is 346 g/mol. The zero-order valence-corrected chi connectivity index (χ0v) is 14.0. The lowest BCUT2D eigenvalue weighted by atomic mass is 10.0. The molecule has 25 heavy (non-hydrogen) atoms. The molecule has 0 radical (unpaired) electrons. The summed E-state index contributed by atoms with van der Waals surface area (Å²) in [5.41, 5.74) is 1.46. The average molecular weight is 364 g/mol. The maximum absolute atomic E-state index is 11.6. The number of ether oxygens (including phenoxy) is 1. The minimum absolute atomic E-state index is 0.101. The van der Waals surface area contributed by atoms with Gasteiger partial charge >= 0.3 is 6.09 Å². The fourth-order valence-corrected chi connectivity index (χ4v) is 2.44. The zero-order valence-electron chi connectivity index (χ0n) is 13.3. The maximum atomic E-state index is 11.6. The number of rotatable bonds is 7. The Kier molecular flexibility index (Phi) is 6.94. The van der Waals surface area contributed by atoms with Crippen LogP contribution in [-0.2, 0) is 11.3 Å². The third kappa shape index (κ3) is 5.56. The summed E-state index contributed by atoms with van der Waals surface area (Å²) in [6, 6.07) is 13.5. The molecule has 0 aliphatic carbocycles. The molecule has 0 aliphatic heterocycles. The van der Waals surface area contributed by atoms with E-state index < -0.39 is 18.3 Å². The Bertz CT molecular complexity index is 723. The van der Waals surface area contributed by atoms with Crippen LogP contribution in [0.3, 0.4) is 0 Å². The summed E-state index contributed by atoms with van der Waals surface area (Å²) in [6.07, 6.45) is -2.69. The van der Waals surface area contributed by atoms with Crippen LogP contribution in [0.5, 0.6) is 0 Å². The average Bonchev–Trinajstić information content (AvgIpc) is 2.64. The number of nitrogens with one attached hydrogen (secondary N) is 1. The van der Waals surface area contributed by atoms with Gasteiger partial charge in [0.2, 0.25) is 0 Å². The van der Waals surface area contributed by atoms with Crippen molar-refractivity contribution in [1.29, 1.82) is 0 Å². The van der Waals surface area contributed by atoms with E-state index in [1.165, 1.54) is 18.2 Å². The first kappa shape index (κ1) is 18.9. The molecule has 6 nitrogen and oxygen atoms in total. The van der Waals surface area contributed by atoms with Crippen molar-refractivity contribution in [2.45, 2.75) is 18.8 Å². The lowest BCUT2D eigenvalue weighted by Crippen LogP contribution is -2.35. The summed E-state index contributed by atoms with van der Waals surface area (Å²) < 4.78 is 5.01. The summed E-state index contributed by atoms with van der Waals surface area (Å²) in [5, 5.41) is 22.7. The van der Waals surface area contributed by atoms with Crippen LogP contribution in [-0.4, -0.2) is 35.2 Å². The zero-order chi connectivity index (χ0) is 18.2. The fourth-order valence-electron chi connectivity index (χ4n) is 2.14. The van der Waals surface area contributed by atoms with E-state index in [0.29, 0.717) is 11.8 Å². The van der Waals surface area contributed by atoms with Gasteiger partial charge in [0.15, 0.2) is 0 Å². The van der Waals surface area contributed by atoms with Gasteiger partial charge in [-0.2, -0.15) is 0 Å². The molecule has 3 N–H and O–H groups in total. The van der Waals surface area contributed by atoms with Crippen molar-refractivity contribution < 1.29 is 24.5 Å². The Morgan fingerprint density at radius 1 is 1.20 bits per heavy atom. The SMILES string of the molecule is O=Cc1ccc(C(O)C(O)CNC(=O)OCc2ccccc2)c(Cl)c1. The number of carbonyl (C=O) groups is 2. The molecule has 0 spiro atoms. The lowest BCUT2D eigenvalue weighted by molar-refractivity contribution is 0.0184. The Hall–Kier alpha value is -2.41. The summed E-state index contributed by atoms with van der Waals surface area (Å²) in [4.78, 5) is 22.3. The molecule has 132 valence electrons. The first-order valence-corrected chi connectivity index (χ1v) is 7.94. The van der Waals surface area contributed by atoms with Crippen molar-refractivity contribution in [3.63, 3.8) is 0 Å². The lowest BCUT2D eigenvalue weighted by Gasteiger charge is -2.19. The summed E-state index contributed by atoms with van der Waals surface area (Å²) >= 11 is 5.99. The molecule has 0 saturated heterocycles. The van der Waals surface area contributed by atoms with E-state index in [0.717, 1.165) is 5.56 Å². The fraction of sp³-hybridized carbons (Fsp3) is 0.222. The highest BCUT2D eigenvalue weighted by Crippen LogP contribution is 2.26. The van der Waals surface area contributed by atoms with Crippen molar-refractivity contribution in [1.82, 2.24) is 5.32 Å². The molecule has 0 aliphatic rings. The largest absolute Gasteiger partial charge is 0.445 e. The molecule has 0 saturated carbocycles. The van der Waals surface area contributed by atoms with Gasteiger partial charge in [0.05, 0.1) is 0 Å². The minimum atomic E-state index is -1.32. The van der Waals surface area contributed by atoms with E-state index in [4.69, 9.17) is 16.3 Å². The van der Waals surface area contributed by atoms with Crippen LogP contribution in [0.1, 0.15) is 27.6 Å². The molecule has 1 amide bonds. The Labute approximate surface area is 150 Å². The number of carbonyl (C=O) groups excluding carboxylic acids is 2. The quantitative estimate of drug-likeness (QED) is 0.657. The van der Waals surface area contributed by atoms with Crippen molar-refractivity contribution in [2.24, 2.45) is 0 Å². The van der Waals surface area contributed by atoms with Crippen LogP contribution in [0, 0.1) is 0 Å². The molecule has 7 heteroatoms. The highest BCUT2D eigenvalue weighted by atomic mass is 35.5. The standard InChI is InChI=1S/C18H18ClNO5/c19-15-8-13(10-21)6-7-14(15)17(23)16(22)9-20-18(24)25-11-12-4-2-1-3-5-12/h1-8,10,16-17,22-23H,9,11H2,(H,20,24). The van der Waals surface area contributed by atoms with Crippen LogP contribution in [0.4, 0.5) is 4.79 Å². The number of halogens is 1. The second kappa shape index (κ2) is 9.17. The first-order valence-electron chi connectivity index (χ1n) is 7.56. The number of aliphatic hydroxyl groups excluding tert-OH is 2. The van der Waals surface area contributed by atoms with Gasteiger partial charge < -0.3 is 20.3 Å². The monoisotopic (exact) mass is 363 g/mol. The molecule has 0 fully saturated rings. The van der Waals surface area contributed by atoms with E-state index in [1.54, 1.807) is 0 Å². The van der Waals surface area contributed by atoms with Crippen molar-refractivity contribution in [3.8, 4) is 0 Å². The molecular formula is C18H18ClNO5. The predicted molar refractivity (Wildman–Crippen MR) is 92.4 cm³/mol. The highest BCUT2D eigenvalue weighted by molar-refractivity contribution is 6.31. The number of benzene rings is 2. The van der Waals surface area contributed by atoms with E-state index >= 15 is 0 Å². The van der Waals surface area contributed by atoms with Crippen LogP contribution >= 0.6 is 11.6 Å². The number of hydrogen-bond acceptors (Lipinski definition) is 5. The summed E-state index contributed by atoms with van der Waals surface area (Å²) in [6.45, 7) is -0.120. The molecule has 2 unspecified atom stereocenters. The van der Waals surface area contributed by atoms with E-state index in [2.05, 4.69) is 5.32 Å². The maximum Gasteiger partial charge on any atom is 0.407 e. The van der Waals surface area contributed by atoms with Gasteiger partial charge in [-0.1, -0.05) is 54.1 Å². The van der Waals surface area contributed by atoms with Gasteiger partial charge in [0.1, 0.15) is 25.1 Å². The molecule has 0 heterocycles. The molecule has 2 atom stereocenters. The number of hydrogen-bond donors (Lipinski definition) is 3. The number of aliphatic hydroxyl groups is 2. The topological polar surface area (TPSA) is 95.9 Å². The van der Waals surface area contributed by atoms with E-state index in [-0.39, 0.29) is 23.7 Å². The summed E-state index contributed by atoms with van der Waals surface area (Å²) in [5.74, 6) is 0. The third-order valence-electron chi connectivity index (χ3n) is 3.51. The second-order valence-electron chi connectivity index (χ2n) is 5.35. The van der Waals surface area contributed by atoms with Gasteiger partial charge in [0.25, 0.3) is 0 Å². The van der Waals surface area contributed by atoms with Crippen LogP contribution < -0.4 is 5.32 Å². The highest BCUT2D eigenvalue weighted by Gasteiger charge is 2.21. The van der Waals surface area contributed by atoms with Gasteiger partial charge in [-0.15, -0.1) is 0 Å². The molecule has 2 aromatic rings. The van der Waals surface area contributed by atoms with Crippen molar-refractivity contribution in [3.05, 3.63) is 70.2 Å². The minimum Gasteiger partial charge on any atom is -0.445 e. The second-order valence-corrected chi connectivity index (χ2v) is 5.76. The number of alkyl carbamates (subject to hydrolysis) is 1. The van der Waals surface area contributed by atoms with Crippen molar-refractivity contribution in [2.75, 3.05) is 6.54 Å². The van der Waals surface area contributed by atoms with E-state index in [1.807, 2.05) is 30.3 Å². The predicted octanol–water partition coefficient (Wildman–Crippen LogP) is 2.47. The normalized spacial score (nSPS) is 12.9. The third-order valence-corrected chi connectivity index (χ3v) is 3.84. The molecule has 0 bridgehead atoms. The Morgan fingerprint density at radius 3 is 2.56 bits per heavy atom.